The molecule has 0 fully saturated rings. The van der Waals surface area contributed by atoms with Crippen LogP contribution in [0.2, 0.25) is 0 Å². The van der Waals surface area contributed by atoms with Gasteiger partial charge in [-0.15, -0.1) is 0 Å². The van der Waals surface area contributed by atoms with E-state index in [-0.39, 0.29) is 10.8 Å². The normalized spacial score (nSPS) is 14.7. The zero-order valence-electron chi connectivity index (χ0n) is 73.7. The van der Waals surface area contributed by atoms with Crippen LogP contribution in [0.25, 0.3) is 100 Å². The zero-order valence-corrected chi connectivity index (χ0v) is 73.7. The Labute approximate surface area is 718 Å². The Kier molecular flexibility index (Phi) is 25.0. The smallest absolute Gasteiger partial charge is 0.0725 e. The molecule has 0 aromatic heterocycles. The highest BCUT2D eigenvalue weighted by atomic mass is 14.6. The van der Waals surface area contributed by atoms with Crippen LogP contribution in [0.15, 0.2) is 340 Å². The molecule has 15 aromatic carbocycles. The molecule has 11 aliphatic rings. The quantitative estimate of drug-likeness (QED) is 0.142. The molecular formula is C120H118. The predicted molar refractivity (Wildman–Crippen MR) is 519 cm³/mol. The first kappa shape index (κ1) is 82.9. The maximum absolute atomic E-state index is 2.53. The minimum Gasteiger partial charge on any atom is -0.0802 e. The molecule has 0 N–H and O–H groups in total. The molecule has 0 heteroatoms. The highest BCUT2D eigenvalue weighted by molar-refractivity contribution is 6.00. The molecule has 2 atom stereocenters. The second kappa shape index (κ2) is 36.2. The summed E-state index contributed by atoms with van der Waals surface area (Å²) in [6.07, 6.45) is 15.8. The number of allylic oxidation sites excluding steroid dienone is 4. The van der Waals surface area contributed by atoms with Crippen molar-refractivity contribution in [2.24, 2.45) is 5.92 Å². The molecule has 120 heavy (non-hydrogen) atoms. The third kappa shape index (κ3) is 13.1. The van der Waals surface area contributed by atoms with E-state index in [1.165, 1.54) is 201 Å². The maximum atomic E-state index is 2.53. The molecule has 0 heterocycles. The van der Waals surface area contributed by atoms with Crippen LogP contribution in [0.3, 0.4) is 0 Å². The van der Waals surface area contributed by atoms with Crippen molar-refractivity contribution in [2.45, 2.75) is 166 Å². The summed E-state index contributed by atoms with van der Waals surface area (Å²) in [6.45, 7) is 32.0. The van der Waals surface area contributed by atoms with Gasteiger partial charge in [0.05, 0.1) is 10.8 Å². The Hall–Kier alpha value is -12.2. The van der Waals surface area contributed by atoms with Gasteiger partial charge in [-0.2, -0.15) is 0 Å². The van der Waals surface area contributed by atoms with E-state index in [4.69, 9.17) is 0 Å². The fraction of sp³-hybridized carbons (Fsp3) is 0.217. The van der Waals surface area contributed by atoms with E-state index in [0.29, 0.717) is 11.8 Å². The molecular weight excluding hydrogens is 1440 g/mol. The second-order valence-corrected chi connectivity index (χ2v) is 30.5. The van der Waals surface area contributed by atoms with Gasteiger partial charge in [0.25, 0.3) is 0 Å². The number of rotatable bonds is 0. The Morgan fingerprint density at radius 1 is 0.192 bits per heavy atom. The molecule has 0 aliphatic heterocycles. The highest BCUT2D eigenvalue weighted by Crippen LogP contribution is 2.66. The minimum absolute atomic E-state index is 0.233. The van der Waals surface area contributed by atoms with E-state index in [9.17, 15) is 0 Å². The van der Waals surface area contributed by atoms with Crippen LogP contribution >= 0.6 is 0 Å². The number of hydrogen-bond donors (Lipinski definition) is 0. The van der Waals surface area contributed by atoms with Gasteiger partial charge in [-0.1, -0.05) is 432 Å². The van der Waals surface area contributed by atoms with Gasteiger partial charge in [-0.05, 0) is 274 Å². The molecule has 0 radical (unpaired) electrons. The fourth-order valence-corrected chi connectivity index (χ4v) is 21.6. The summed E-state index contributed by atoms with van der Waals surface area (Å²) in [4.78, 5) is 0. The Bertz CT molecular complexity index is 6240. The maximum Gasteiger partial charge on any atom is 0.0725 e. The fourth-order valence-electron chi connectivity index (χ4n) is 21.6. The molecule has 15 aromatic rings. The van der Waals surface area contributed by atoms with Gasteiger partial charge in [0.1, 0.15) is 0 Å². The van der Waals surface area contributed by atoms with Gasteiger partial charge in [-0.25, -0.2) is 0 Å². The average Bonchev–Trinajstić information content (AvgIpc) is 1.51. The predicted octanol–water partition coefficient (Wildman–Crippen LogP) is 32.9. The van der Waals surface area contributed by atoms with Crippen LogP contribution in [0.1, 0.15) is 228 Å². The molecule has 0 saturated carbocycles. The minimum atomic E-state index is -0.244. The first-order valence-corrected chi connectivity index (χ1v) is 45.6. The topological polar surface area (TPSA) is 0 Å². The van der Waals surface area contributed by atoms with Crippen LogP contribution < -0.4 is 0 Å². The Balaban J connectivity index is 0.000000120. The molecule has 0 bridgehead atoms. The van der Waals surface area contributed by atoms with Crippen molar-refractivity contribution < 1.29 is 0 Å². The molecule has 2 unspecified atom stereocenters. The van der Waals surface area contributed by atoms with Crippen LogP contribution in [0.5, 0.6) is 0 Å². The Morgan fingerprint density at radius 2 is 0.492 bits per heavy atom. The van der Waals surface area contributed by atoms with Crippen molar-refractivity contribution in [3.8, 4) is 100 Å². The van der Waals surface area contributed by atoms with Crippen molar-refractivity contribution in [1.82, 2.24) is 0 Å². The van der Waals surface area contributed by atoms with E-state index in [1.54, 1.807) is 16.7 Å². The van der Waals surface area contributed by atoms with E-state index in [1.807, 2.05) is 111 Å². The lowest BCUT2D eigenvalue weighted by molar-refractivity contribution is 0.629. The SMILES string of the molecule is C1=CC2Cc3c(ccc4c3Cc3ccccc3-4)C2C=C1.CC.CC.CC.CC.CC.CC.CC.CC.c1ccc2c(c1)Cc1c-2ccc2c1-c1ccccc1C2.c1ccc2c(c1)Cc1cc3c(cc1-2)-c1ccccc1C31c2ccccc2-c2ccccc21.c1ccc2c(c1)Cc1cc3c(cc1-2)C1(c2ccccc2-c2ccccc21)c1ccccc1-3. The molecule has 26 rings (SSSR count). The summed E-state index contributed by atoms with van der Waals surface area (Å²) in [5.74, 6) is 1.30. The summed E-state index contributed by atoms with van der Waals surface area (Å²) in [7, 11) is 0. The van der Waals surface area contributed by atoms with Gasteiger partial charge in [0.2, 0.25) is 0 Å². The van der Waals surface area contributed by atoms with Gasteiger partial charge >= 0.3 is 0 Å². The Morgan fingerprint density at radius 3 is 0.933 bits per heavy atom. The molecule has 0 saturated heterocycles. The first-order chi connectivity index (χ1) is 59.6. The van der Waals surface area contributed by atoms with Crippen LogP contribution in [-0.2, 0) is 49.4 Å². The second-order valence-electron chi connectivity index (χ2n) is 30.5. The lowest BCUT2D eigenvalue weighted by Gasteiger charge is -2.30. The standard InChI is InChI=1S/2C32H20.C20H14.C20H16.8C2H6/c1-2-10-22-20(9-1)17-21-18-31-27(19-26(21)22)25-13-5-8-16-30(25)32(31)28-14-6-3-11-23(28)24-12-4-7-15-29(24)32;1-2-10-22-20(9-1)17-21-18-27-25-13-5-8-16-30(25)32(31(27)19-26(21)22)28-14-6-3-11-23(28)24-12-4-7-15-29(24)32;1-3-7-16-14(6-1)12-19-18(16)10-9-15-11-13-5-2-4-8-17(13)20(15)19;1-3-7-15-13(5-1)11-19-17(15)9-10-18-16-8-4-2-6-14(16)12-20(18)19;8*1-2/h2*1-16,18-19H,17H2;1-10H,11-12H2;1-10,13,15H,11-12H2;8*1-2H3. The number of fused-ring (bicyclic) bond motifs is 40. The molecule has 2 spiro atoms. The van der Waals surface area contributed by atoms with Crippen LogP contribution in [-0.4, -0.2) is 0 Å². The lowest BCUT2D eigenvalue weighted by Crippen LogP contribution is -2.25. The van der Waals surface area contributed by atoms with E-state index in [0.717, 1.165) is 32.1 Å². The monoisotopic (exact) mass is 1560 g/mol. The molecule has 0 amide bonds. The zero-order chi connectivity index (χ0) is 83.9. The molecule has 0 nitrogen and oxygen atoms in total. The first-order valence-electron chi connectivity index (χ1n) is 45.6. The van der Waals surface area contributed by atoms with Gasteiger partial charge < -0.3 is 0 Å². The summed E-state index contributed by atoms with van der Waals surface area (Å²) >= 11 is 0. The van der Waals surface area contributed by atoms with Crippen LogP contribution in [0, 0.1) is 5.92 Å². The van der Waals surface area contributed by atoms with Crippen LogP contribution in [0.4, 0.5) is 0 Å². The summed E-state index contributed by atoms with van der Waals surface area (Å²) in [5.41, 5.74) is 54.4. The van der Waals surface area contributed by atoms with Gasteiger partial charge in [-0.3, -0.25) is 0 Å². The van der Waals surface area contributed by atoms with Gasteiger partial charge in [0.15, 0.2) is 0 Å². The summed E-state index contributed by atoms with van der Waals surface area (Å²) in [6, 6.07) is 118. The van der Waals surface area contributed by atoms with E-state index < -0.39 is 0 Å². The largest absolute Gasteiger partial charge is 0.0802 e. The summed E-state index contributed by atoms with van der Waals surface area (Å²) in [5, 5.41) is 0. The molecule has 598 valence electrons. The van der Waals surface area contributed by atoms with E-state index >= 15 is 0 Å². The number of hydrogen-bond acceptors (Lipinski definition) is 0. The lowest BCUT2D eigenvalue weighted by atomic mass is 9.70. The van der Waals surface area contributed by atoms with Crippen molar-refractivity contribution in [3.05, 3.63) is 451 Å². The average molecular weight is 1560 g/mol. The molecule has 11 aliphatic carbocycles. The van der Waals surface area contributed by atoms with Gasteiger partial charge in [0, 0.05) is 5.92 Å². The van der Waals surface area contributed by atoms with Crippen molar-refractivity contribution >= 4 is 0 Å². The van der Waals surface area contributed by atoms with Crippen molar-refractivity contribution in [1.29, 1.82) is 0 Å². The van der Waals surface area contributed by atoms with E-state index in [2.05, 4.69) is 340 Å². The van der Waals surface area contributed by atoms with Crippen molar-refractivity contribution in [2.75, 3.05) is 0 Å². The summed E-state index contributed by atoms with van der Waals surface area (Å²) < 4.78 is 0. The third-order valence-corrected chi connectivity index (χ3v) is 25.8. The van der Waals surface area contributed by atoms with Crippen molar-refractivity contribution in [3.63, 3.8) is 0 Å². The number of benzene rings is 15. The third-order valence-electron chi connectivity index (χ3n) is 25.8. The highest BCUT2D eigenvalue weighted by Gasteiger charge is 2.54.